The SMILES string of the molecule is C/C(N)=C/C=C(\N)c1cc(N2CCOCC2)nc2c1ccn2-c1ccn[nH]1. The maximum atomic E-state index is 6.40. The summed E-state index contributed by atoms with van der Waals surface area (Å²) in [6.45, 7) is 4.82. The number of ether oxygens (including phenoxy) is 1. The predicted octanol–water partition coefficient (Wildman–Crippen LogP) is 1.75. The van der Waals surface area contributed by atoms with E-state index < -0.39 is 0 Å². The van der Waals surface area contributed by atoms with E-state index in [9.17, 15) is 0 Å². The lowest BCUT2D eigenvalue weighted by atomic mass is 10.1. The summed E-state index contributed by atoms with van der Waals surface area (Å²) < 4.78 is 7.45. The number of pyridine rings is 1. The van der Waals surface area contributed by atoms with Crippen LogP contribution in [0.1, 0.15) is 12.5 Å². The number of aromatic nitrogens is 4. The van der Waals surface area contributed by atoms with Crippen LogP contribution in [0.4, 0.5) is 5.82 Å². The lowest BCUT2D eigenvalue weighted by Crippen LogP contribution is -2.36. The van der Waals surface area contributed by atoms with Gasteiger partial charge >= 0.3 is 0 Å². The molecule has 0 bridgehead atoms. The number of anilines is 1. The highest BCUT2D eigenvalue weighted by Crippen LogP contribution is 2.29. The zero-order chi connectivity index (χ0) is 18.8. The molecule has 4 rings (SSSR count). The first kappa shape index (κ1) is 17.2. The van der Waals surface area contributed by atoms with Crippen LogP contribution in [-0.4, -0.2) is 46.1 Å². The molecule has 8 nitrogen and oxygen atoms in total. The van der Waals surface area contributed by atoms with Crippen molar-refractivity contribution in [3.8, 4) is 5.82 Å². The fraction of sp³-hybridized carbons (Fsp3) is 0.263. The number of hydrogen-bond donors (Lipinski definition) is 3. The van der Waals surface area contributed by atoms with E-state index in [-0.39, 0.29) is 0 Å². The fourth-order valence-electron chi connectivity index (χ4n) is 3.18. The molecule has 4 heterocycles. The van der Waals surface area contributed by atoms with Crippen molar-refractivity contribution in [2.24, 2.45) is 11.5 Å². The molecular formula is C19H23N7O. The molecule has 0 saturated carbocycles. The van der Waals surface area contributed by atoms with Crippen molar-refractivity contribution >= 4 is 22.5 Å². The van der Waals surface area contributed by atoms with Crippen LogP contribution in [0.5, 0.6) is 0 Å². The minimum absolute atomic E-state index is 0.643. The average molecular weight is 365 g/mol. The van der Waals surface area contributed by atoms with Crippen LogP contribution in [0.25, 0.3) is 22.5 Å². The summed E-state index contributed by atoms with van der Waals surface area (Å²) in [5.74, 6) is 1.73. The van der Waals surface area contributed by atoms with E-state index in [2.05, 4.69) is 15.1 Å². The smallest absolute Gasteiger partial charge is 0.148 e. The van der Waals surface area contributed by atoms with Gasteiger partial charge in [-0.05, 0) is 31.2 Å². The summed E-state index contributed by atoms with van der Waals surface area (Å²) in [6.07, 6.45) is 7.33. The third kappa shape index (κ3) is 3.39. The molecule has 8 heteroatoms. The lowest BCUT2D eigenvalue weighted by Gasteiger charge is -2.28. The van der Waals surface area contributed by atoms with E-state index in [0.717, 1.165) is 41.3 Å². The maximum absolute atomic E-state index is 6.40. The number of allylic oxidation sites excluding steroid dienone is 3. The van der Waals surface area contributed by atoms with Gasteiger partial charge in [-0.1, -0.05) is 0 Å². The average Bonchev–Trinajstić information content (AvgIpc) is 3.35. The van der Waals surface area contributed by atoms with Gasteiger partial charge in [0.15, 0.2) is 0 Å². The first-order valence-corrected chi connectivity index (χ1v) is 8.88. The molecule has 140 valence electrons. The zero-order valence-electron chi connectivity index (χ0n) is 15.2. The van der Waals surface area contributed by atoms with Crippen molar-refractivity contribution in [2.45, 2.75) is 6.92 Å². The quantitative estimate of drug-likeness (QED) is 0.608. The maximum Gasteiger partial charge on any atom is 0.148 e. The number of rotatable bonds is 4. The molecule has 5 N–H and O–H groups in total. The second-order valence-corrected chi connectivity index (χ2v) is 6.53. The molecule has 0 unspecified atom stereocenters. The van der Waals surface area contributed by atoms with Crippen molar-refractivity contribution in [1.82, 2.24) is 19.7 Å². The van der Waals surface area contributed by atoms with Gasteiger partial charge in [-0.15, -0.1) is 0 Å². The number of nitrogens with zero attached hydrogens (tertiary/aromatic N) is 4. The Morgan fingerprint density at radius 1 is 1.22 bits per heavy atom. The highest BCUT2D eigenvalue weighted by molar-refractivity contribution is 5.92. The number of H-pyrrole nitrogens is 1. The molecule has 1 aliphatic rings. The van der Waals surface area contributed by atoms with E-state index in [4.69, 9.17) is 21.2 Å². The minimum atomic E-state index is 0.643. The zero-order valence-corrected chi connectivity index (χ0v) is 15.2. The largest absolute Gasteiger partial charge is 0.402 e. The molecule has 0 atom stereocenters. The van der Waals surface area contributed by atoms with Gasteiger partial charge in [-0.2, -0.15) is 5.10 Å². The van der Waals surface area contributed by atoms with Gasteiger partial charge in [0.05, 0.1) is 19.4 Å². The van der Waals surface area contributed by atoms with E-state index >= 15 is 0 Å². The molecule has 1 saturated heterocycles. The number of hydrogen-bond acceptors (Lipinski definition) is 6. The van der Waals surface area contributed by atoms with E-state index in [1.54, 1.807) is 6.20 Å². The Labute approximate surface area is 157 Å². The van der Waals surface area contributed by atoms with Crippen LogP contribution < -0.4 is 16.4 Å². The van der Waals surface area contributed by atoms with Gasteiger partial charge in [0.1, 0.15) is 17.3 Å². The molecule has 0 spiro atoms. The first-order valence-electron chi connectivity index (χ1n) is 8.88. The Balaban J connectivity index is 1.89. The van der Waals surface area contributed by atoms with Crippen LogP contribution in [0.2, 0.25) is 0 Å². The van der Waals surface area contributed by atoms with Gasteiger partial charge in [0.2, 0.25) is 0 Å². The highest BCUT2D eigenvalue weighted by Gasteiger charge is 2.18. The van der Waals surface area contributed by atoms with E-state index in [1.165, 1.54) is 0 Å². The Hall–Kier alpha value is -3.26. The van der Waals surface area contributed by atoms with Crippen molar-refractivity contribution in [1.29, 1.82) is 0 Å². The first-order chi connectivity index (χ1) is 13.1. The monoisotopic (exact) mass is 365 g/mol. The fourth-order valence-corrected chi connectivity index (χ4v) is 3.18. The van der Waals surface area contributed by atoms with Gasteiger partial charge in [0.25, 0.3) is 0 Å². The molecule has 0 aliphatic carbocycles. The van der Waals surface area contributed by atoms with Crippen molar-refractivity contribution in [3.63, 3.8) is 0 Å². The minimum Gasteiger partial charge on any atom is -0.402 e. The molecule has 3 aromatic rings. The number of morpholine rings is 1. The molecule has 27 heavy (non-hydrogen) atoms. The Morgan fingerprint density at radius 3 is 2.74 bits per heavy atom. The molecule has 0 aromatic carbocycles. The number of nitrogens with two attached hydrogens (primary N) is 2. The topological polar surface area (TPSA) is 111 Å². The van der Waals surface area contributed by atoms with Crippen molar-refractivity contribution in [2.75, 3.05) is 31.2 Å². The van der Waals surface area contributed by atoms with Crippen LogP contribution in [0.15, 0.2) is 48.4 Å². The van der Waals surface area contributed by atoms with Gasteiger partial charge in [0, 0.05) is 47.7 Å². The third-order valence-corrected chi connectivity index (χ3v) is 4.56. The number of fused-ring (bicyclic) bond motifs is 1. The number of aromatic amines is 1. The van der Waals surface area contributed by atoms with Crippen LogP contribution in [-0.2, 0) is 4.74 Å². The summed E-state index contributed by atoms with van der Waals surface area (Å²) in [6, 6.07) is 5.96. The second-order valence-electron chi connectivity index (χ2n) is 6.53. The molecule has 3 aromatic heterocycles. The van der Waals surface area contributed by atoms with Crippen LogP contribution >= 0.6 is 0 Å². The summed E-state index contributed by atoms with van der Waals surface area (Å²) in [7, 11) is 0. The van der Waals surface area contributed by atoms with Crippen LogP contribution in [0, 0.1) is 0 Å². The molecular weight excluding hydrogens is 342 g/mol. The summed E-state index contributed by atoms with van der Waals surface area (Å²) in [5.41, 5.74) is 15.2. The Morgan fingerprint density at radius 2 is 2.04 bits per heavy atom. The second kappa shape index (κ2) is 7.16. The summed E-state index contributed by atoms with van der Waals surface area (Å²) in [4.78, 5) is 7.13. The number of nitrogens with one attached hydrogen (secondary N) is 1. The van der Waals surface area contributed by atoms with Crippen molar-refractivity contribution in [3.05, 3.63) is 54.0 Å². The van der Waals surface area contributed by atoms with Gasteiger partial charge in [-0.25, -0.2) is 4.98 Å². The third-order valence-electron chi connectivity index (χ3n) is 4.56. The molecule has 0 radical (unpaired) electrons. The standard InChI is InChI=1S/C19H23N7O/c1-13(20)2-3-16(21)15-12-18(25-8-10-27-11-9-25)23-19-14(15)5-7-26(19)17-4-6-22-24-17/h2-7,12H,8-11,20-21H2,1H3,(H,22,24)/b13-2-,16-3-. The summed E-state index contributed by atoms with van der Waals surface area (Å²) in [5, 5.41) is 8.00. The van der Waals surface area contributed by atoms with E-state index in [0.29, 0.717) is 24.6 Å². The predicted molar refractivity (Wildman–Crippen MR) is 106 cm³/mol. The molecule has 1 aliphatic heterocycles. The normalized spacial score (nSPS) is 16.3. The van der Waals surface area contributed by atoms with Crippen LogP contribution in [0.3, 0.4) is 0 Å². The van der Waals surface area contributed by atoms with Crippen molar-refractivity contribution < 1.29 is 4.74 Å². The summed E-state index contributed by atoms with van der Waals surface area (Å²) >= 11 is 0. The molecule has 1 fully saturated rings. The van der Waals surface area contributed by atoms with E-state index in [1.807, 2.05) is 48.0 Å². The highest BCUT2D eigenvalue weighted by atomic mass is 16.5. The Kier molecular flexibility index (Phi) is 4.55. The lowest BCUT2D eigenvalue weighted by molar-refractivity contribution is 0.122. The van der Waals surface area contributed by atoms with Gasteiger partial charge in [-0.3, -0.25) is 9.67 Å². The molecule has 0 amide bonds. The Bertz CT molecular complexity index is 991. The van der Waals surface area contributed by atoms with Gasteiger partial charge < -0.3 is 21.1 Å².